The number of halogens is 6. The van der Waals surface area contributed by atoms with E-state index >= 15 is 0 Å². The molecule has 1 aromatic carbocycles. The van der Waals surface area contributed by atoms with Gasteiger partial charge in [-0.3, -0.25) is 4.79 Å². The van der Waals surface area contributed by atoms with Gasteiger partial charge in [-0.15, -0.1) is 11.8 Å². The fraction of sp³-hybridized carbons (Fsp3) is 0.200. The fourth-order valence-corrected chi connectivity index (χ4v) is 4.91. The van der Waals surface area contributed by atoms with Crippen LogP contribution >= 0.6 is 11.8 Å². The van der Waals surface area contributed by atoms with Crippen LogP contribution in [0.2, 0.25) is 0 Å². The van der Waals surface area contributed by atoms with E-state index in [1.165, 1.54) is 0 Å². The van der Waals surface area contributed by atoms with E-state index in [-0.39, 0.29) is 26.5 Å². The van der Waals surface area contributed by atoms with E-state index in [4.69, 9.17) is 10.2 Å². The highest BCUT2D eigenvalue weighted by atomic mass is 32.3. The van der Waals surface area contributed by atoms with Gasteiger partial charge in [-0.05, 0) is 25.1 Å². The number of allylic oxidation sites excluding steroid dienone is 1. The number of sulfonamides is 1. The lowest BCUT2D eigenvalue weighted by atomic mass is 10.1. The number of carbonyl (C=O) groups excluding carboxylic acids is 1. The van der Waals surface area contributed by atoms with Crippen LogP contribution in [0.1, 0.15) is 28.5 Å². The van der Waals surface area contributed by atoms with Crippen LogP contribution in [0.15, 0.2) is 46.8 Å². The van der Waals surface area contributed by atoms with Gasteiger partial charge in [0.15, 0.2) is 17.1 Å². The number of alkyl halides is 6. The zero-order chi connectivity index (χ0) is 27.9. The molecule has 3 heterocycles. The minimum absolute atomic E-state index is 0.0324. The minimum Gasteiger partial charge on any atom is -0.477 e. The number of ketones is 1. The van der Waals surface area contributed by atoms with Crippen molar-refractivity contribution in [2.75, 3.05) is 0 Å². The van der Waals surface area contributed by atoms with Gasteiger partial charge < -0.3 is 5.11 Å². The van der Waals surface area contributed by atoms with Gasteiger partial charge in [0.2, 0.25) is 10.0 Å². The molecule has 9 nitrogen and oxygen atoms in total. The van der Waals surface area contributed by atoms with Crippen molar-refractivity contribution in [1.82, 2.24) is 14.6 Å². The molecule has 0 radical (unpaired) electrons. The van der Waals surface area contributed by atoms with Crippen LogP contribution in [0.25, 0.3) is 16.9 Å². The Hall–Kier alpha value is -3.44. The quantitative estimate of drug-likeness (QED) is 0.452. The molecule has 3 aromatic rings. The highest BCUT2D eigenvalue weighted by molar-refractivity contribution is 8.19. The van der Waals surface area contributed by atoms with Crippen LogP contribution in [0.3, 0.4) is 0 Å². The summed E-state index contributed by atoms with van der Waals surface area (Å²) < 4.78 is 99.2. The Labute approximate surface area is 208 Å². The number of rotatable bonds is 3. The van der Waals surface area contributed by atoms with Crippen LogP contribution < -0.4 is 5.14 Å². The Morgan fingerprint density at radius 3 is 2.11 bits per heavy atom. The van der Waals surface area contributed by atoms with E-state index in [9.17, 15) is 44.3 Å². The molecule has 0 bridgehead atoms. The predicted octanol–water partition coefficient (Wildman–Crippen LogP) is 3.95. The van der Waals surface area contributed by atoms with Gasteiger partial charge >= 0.3 is 18.3 Å². The molecule has 2 aromatic heterocycles. The molecule has 1 atom stereocenters. The lowest BCUT2D eigenvalue weighted by molar-refractivity contribution is -0.142. The van der Waals surface area contributed by atoms with E-state index in [2.05, 4.69) is 10.1 Å². The van der Waals surface area contributed by atoms with E-state index < -0.39 is 50.8 Å². The number of hydrogen-bond acceptors (Lipinski definition) is 7. The molecule has 198 valence electrons. The van der Waals surface area contributed by atoms with Gasteiger partial charge in [0, 0.05) is 11.6 Å². The van der Waals surface area contributed by atoms with Gasteiger partial charge in [0.05, 0.1) is 22.7 Å². The second kappa shape index (κ2) is 9.79. The van der Waals surface area contributed by atoms with Crippen LogP contribution in [-0.2, 0) is 27.2 Å². The maximum absolute atomic E-state index is 13.3. The number of fused-ring (bicyclic) bond motifs is 1. The summed E-state index contributed by atoms with van der Waals surface area (Å²) in [5.41, 5.74) is -3.78. The molecule has 4 rings (SSSR count). The first kappa shape index (κ1) is 28.1. The lowest BCUT2D eigenvalue weighted by Crippen LogP contribution is -2.14. The average Bonchev–Trinajstić information content (AvgIpc) is 3.35. The third kappa shape index (κ3) is 6.28. The molecule has 17 heteroatoms. The summed E-state index contributed by atoms with van der Waals surface area (Å²) in [5, 5.41) is 16.9. The van der Waals surface area contributed by atoms with Crippen molar-refractivity contribution in [3.05, 3.63) is 63.7 Å². The Bertz CT molecular complexity index is 1510. The van der Waals surface area contributed by atoms with E-state index in [0.29, 0.717) is 22.7 Å². The van der Waals surface area contributed by atoms with Crippen LogP contribution in [0.5, 0.6) is 0 Å². The molecule has 0 saturated heterocycles. The zero-order valence-corrected chi connectivity index (χ0v) is 19.8. The number of carbonyl (C=O) groups is 2. The Kier molecular flexibility index (Phi) is 7.44. The monoisotopic (exact) mass is 568 g/mol. The summed E-state index contributed by atoms with van der Waals surface area (Å²) in [7, 11) is -3.67. The summed E-state index contributed by atoms with van der Waals surface area (Å²) in [6.45, 7) is 1.64. The second-order valence-electron chi connectivity index (χ2n) is 7.37. The normalized spacial score (nSPS) is 16.4. The van der Waals surface area contributed by atoms with Crippen molar-refractivity contribution < 1.29 is 49.5 Å². The van der Waals surface area contributed by atoms with Crippen molar-refractivity contribution in [2.45, 2.75) is 24.5 Å². The van der Waals surface area contributed by atoms with Crippen molar-refractivity contribution in [2.24, 2.45) is 5.14 Å². The molecule has 0 aliphatic carbocycles. The summed E-state index contributed by atoms with van der Waals surface area (Å²) in [6, 6.07) is 3.90. The smallest absolute Gasteiger partial charge is 0.433 e. The number of nitrogens with zero attached hydrogens (tertiary/aromatic N) is 3. The topological polar surface area (TPSA) is 145 Å². The van der Waals surface area contributed by atoms with Gasteiger partial charge in [-0.1, -0.05) is 12.1 Å². The maximum Gasteiger partial charge on any atom is 0.433 e. The molecule has 3 N–H and O–H groups in total. The minimum atomic E-state index is -4.89. The molecular weight excluding hydrogens is 554 g/mol. The van der Waals surface area contributed by atoms with Crippen molar-refractivity contribution in [3.63, 3.8) is 0 Å². The molecule has 0 fully saturated rings. The van der Waals surface area contributed by atoms with Gasteiger partial charge in [0.1, 0.15) is 9.80 Å². The van der Waals surface area contributed by atoms with Crippen molar-refractivity contribution in [3.8, 4) is 11.3 Å². The average molecular weight is 568 g/mol. The molecular formula is C20H14F6N4O5S2. The fourth-order valence-electron chi connectivity index (χ4n) is 2.94. The highest BCUT2D eigenvalue weighted by Gasteiger charge is 2.36. The number of primary sulfonamides is 1. The van der Waals surface area contributed by atoms with Crippen molar-refractivity contribution >= 4 is 39.2 Å². The van der Waals surface area contributed by atoms with Gasteiger partial charge in [-0.25, -0.2) is 27.9 Å². The Balaban J connectivity index is 0.000000289. The SMILES string of the molecule is CC1SC(S(N)(=O)=O)=CC1=O.O=C(O)c1cnn2c(C(F)(F)F)cc(-c3ccc(C(F)(F)F)cc3)nc12. The number of benzene rings is 1. The third-order valence-corrected chi connectivity index (χ3v) is 7.34. The standard InChI is InChI=1S/C15H7F6N3O2.C5H7NO3S2/c16-14(17,18)8-3-1-7(2-4-8)10-5-11(15(19,20)21)24-12(23-10)9(6-22-24)13(25)26;1-3-4(7)2-5(10-3)11(6,8)9/h1-6H,(H,25,26);2-3H,1H3,(H2,6,8,9). The molecule has 1 aliphatic heterocycles. The van der Waals surface area contributed by atoms with Crippen LogP contribution in [0.4, 0.5) is 26.3 Å². The van der Waals surface area contributed by atoms with Gasteiger partial charge in [-0.2, -0.15) is 31.4 Å². The summed E-state index contributed by atoms with van der Waals surface area (Å²) in [4.78, 5) is 25.8. The molecule has 1 unspecified atom stereocenters. The summed E-state index contributed by atoms with van der Waals surface area (Å²) in [6.07, 6.45) is -7.69. The lowest BCUT2D eigenvalue weighted by Gasteiger charge is -2.12. The number of aromatic nitrogens is 3. The van der Waals surface area contributed by atoms with Crippen LogP contribution in [-0.4, -0.2) is 45.1 Å². The predicted molar refractivity (Wildman–Crippen MR) is 119 cm³/mol. The van der Waals surface area contributed by atoms with Gasteiger partial charge in [0.25, 0.3) is 0 Å². The van der Waals surface area contributed by atoms with E-state index in [1.807, 2.05) is 0 Å². The first-order chi connectivity index (χ1) is 16.9. The van der Waals surface area contributed by atoms with Crippen molar-refractivity contribution in [1.29, 1.82) is 0 Å². The number of carboxylic acids is 1. The third-order valence-electron chi connectivity index (χ3n) is 4.73. The molecule has 0 amide bonds. The highest BCUT2D eigenvalue weighted by Crippen LogP contribution is 2.35. The number of carboxylic acid groups (broad SMARTS) is 1. The largest absolute Gasteiger partial charge is 0.477 e. The van der Waals surface area contributed by atoms with Crippen LogP contribution in [0, 0.1) is 0 Å². The number of hydrogen-bond donors (Lipinski definition) is 2. The molecule has 1 aliphatic rings. The zero-order valence-electron chi connectivity index (χ0n) is 18.2. The second-order valence-corrected chi connectivity index (χ2v) is 10.5. The molecule has 37 heavy (non-hydrogen) atoms. The maximum atomic E-state index is 13.3. The molecule has 0 spiro atoms. The summed E-state index contributed by atoms with van der Waals surface area (Å²) in [5.74, 6) is -1.73. The van der Waals surface area contributed by atoms with E-state index in [1.54, 1.807) is 6.92 Å². The van der Waals surface area contributed by atoms with E-state index in [0.717, 1.165) is 36.2 Å². The first-order valence-electron chi connectivity index (χ1n) is 9.71. The number of thioether (sulfide) groups is 1. The summed E-state index contributed by atoms with van der Waals surface area (Å²) >= 11 is 0.979. The number of aromatic carboxylic acids is 1. The molecule has 0 saturated carbocycles. The first-order valence-corrected chi connectivity index (χ1v) is 12.1. The Morgan fingerprint density at radius 1 is 1.11 bits per heavy atom. The number of nitrogens with two attached hydrogens (primary N) is 1. The Morgan fingerprint density at radius 2 is 1.70 bits per heavy atom.